The summed E-state index contributed by atoms with van der Waals surface area (Å²) in [4.78, 5) is 0. The van der Waals surface area contributed by atoms with Crippen molar-refractivity contribution < 1.29 is 0 Å². The summed E-state index contributed by atoms with van der Waals surface area (Å²) in [5, 5.41) is 3.85. The average molecular weight is 231 g/mol. The molecule has 1 aromatic carbocycles. The lowest BCUT2D eigenvalue weighted by atomic mass is 9.99. The Morgan fingerprint density at radius 2 is 1.94 bits per heavy atom. The van der Waals surface area contributed by atoms with Crippen LogP contribution in [0.15, 0.2) is 24.3 Å². The molecule has 1 N–H and O–H groups in total. The first-order chi connectivity index (χ1) is 8.20. The summed E-state index contributed by atoms with van der Waals surface area (Å²) in [6, 6.07) is 10.2. The van der Waals surface area contributed by atoms with Gasteiger partial charge in [-0.2, -0.15) is 0 Å². The van der Waals surface area contributed by atoms with Crippen molar-refractivity contribution in [3.63, 3.8) is 0 Å². The minimum absolute atomic E-state index is 0.529. The van der Waals surface area contributed by atoms with Crippen molar-refractivity contribution in [2.45, 2.75) is 58.5 Å². The zero-order chi connectivity index (χ0) is 12.3. The van der Waals surface area contributed by atoms with Gasteiger partial charge >= 0.3 is 0 Å². The quantitative estimate of drug-likeness (QED) is 0.818. The second kappa shape index (κ2) is 5.68. The van der Waals surface area contributed by atoms with Crippen molar-refractivity contribution in [2.24, 2.45) is 5.92 Å². The molecule has 0 amide bonds. The Hall–Kier alpha value is -0.820. The van der Waals surface area contributed by atoms with Crippen molar-refractivity contribution in [1.82, 2.24) is 5.32 Å². The Balaban J connectivity index is 2.03. The molecule has 2 rings (SSSR count). The molecular weight excluding hydrogens is 206 g/mol. The zero-order valence-electron chi connectivity index (χ0n) is 11.4. The van der Waals surface area contributed by atoms with Crippen LogP contribution in [0.5, 0.6) is 0 Å². The molecule has 1 saturated carbocycles. The zero-order valence-corrected chi connectivity index (χ0v) is 11.4. The Bertz CT molecular complexity index is 341. The van der Waals surface area contributed by atoms with Gasteiger partial charge in [0, 0.05) is 12.1 Å². The summed E-state index contributed by atoms with van der Waals surface area (Å²) in [6.07, 6.45) is 5.31. The molecule has 0 aromatic heterocycles. The molecule has 1 aliphatic rings. The van der Waals surface area contributed by atoms with E-state index in [1.165, 1.54) is 36.8 Å². The van der Waals surface area contributed by atoms with Crippen LogP contribution < -0.4 is 5.32 Å². The molecular formula is C16H25N. The van der Waals surface area contributed by atoms with Gasteiger partial charge in [-0.3, -0.25) is 0 Å². The van der Waals surface area contributed by atoms with Gasteiger partial charge in [-0.05, 0) is 37.7 Å². The topological polar surface area (TPSA) is 12.0 Å². The minimum atomic E-state index is 0.529. The van der Waals surface area contributed by atoms with Crippen LogP contribution in [0.2, 0.25) is 0 Å². The van der Waals surface area contributed by atoms with Gasteiger partial charge in [0.15, 0.2) is 0 Å². The molecule has 0 aliphatic heterocycles. The lowest BCUT2D eigenvalue weighted by molar-refractivity contribution is 0.370. The molecule has 3 atom stereocenters. The summed E-state index contributed by atoms with van der Waals surface area (Å²) in [7, 11) is 0. The standard InChI is InChI=1S/C16H25N/c1-4-15(14-10-8-12(2)9-11-14)17-16-7-5-6-13(16)3/h8-11,13,15-17H,4-7H2,1-3H3. The second-order valence-electron chi connectivity index (χ2n) is 5.55. The van der Waals surface area contributed by atoms with Crippen molar-refractivity contribution in [3.8, 4) is 0 Å². The minimum Gasteiger partial charge on any atom is -0.307 e. The summed E-state index contributed by atoms with van der Waals surface area (Å²) in [5.41, 5.74) is 2.79. The van der Waals surface area contributed by atoms with E-state index >= 15 is 0 Å². The van der Waals surface area contributed by atoms with E-state index in [1.54, 1.807) is 0 Å². The molecule has 1 aliphatic carbocycles. The van der Waals surface area contributed by atoms with Crippen LogP contribution >= 0.6 is 0 Å². The summed E-state index contributed by atoms with van der Waals surface area (Å²) < 4.78 is 0. The SMILES string of the molecule is CCC(NC1CCCC1C)c1ccc(C)cc1. The predicted octanol–water partition coefficient (Wildman–Crippen LogP) is 4.22. The number of hydrogen-bond acceptors (Lipinski definition) is 1. The highest BCUT2D eigenvalue weighted by atomic mass is 15.0. The van der Waals surface area contributed by atoms with Gasteiger partial charge in [0.25, 0.3) is 0 Å². The Labute approximate surface area is 106 Å². The lowest BCUT2D eigenvalue weighted by Crippen LogP contribution is -2.34. The molecule has 1 aromatic rings. The molecule has 3 unspecified atom stereocenters. The lowest BCUT2D eigenvalue weighted by Gasteiger charge is -2.25. The van der Waals surface area contributed by atoms with Gasteiger partial charge in [-0.15, -0.1) is 0 Å². The monoisotopic (exact) mass is 231 g/mol. The van der Waals surface area contributed by atoms with E-state index in [1.807, 2.05) is 0 Å². The van der Waals surface area contributed by atoms with Crippen molar-refractivity contribution in [3.05, 3.63) is 35.4 Å². The summed E-state index contributed by atoms with van der Waals surface area (Å²) in [5.74, 6) is 0.842. The third kappa shape index (κ3) is 3.10. The van der Waals surface area contributed by atoms with Crippen LogP contribution in [0, 0.1) is 12.8 Å². The Kier molecular flexibility index (Phi) is 4.22. The van der Waals surface area contributed by atoms with Crippen LogP contribution in [0.4, 0.5) is 0 Å². The largest absolute Gasteiger partial charge is 0.307 e. The predicted molar refractivity (Wildman–Crippen MR) is 74.1 cm³/mol. The number of rotatable bonds is 4. The van der Waals surface area contributed by atoms with E-state index in [4.69, 9.17) is 0 Å². The van der Waals surface area contributed by atoms with E-state index in [0.717, 1.165) is 12.0 Å². The first-order valence-corrected chi connectivity index (χ1v) is 7.03. The van der Waals surface area contributed by atoms with Gasteiger partial charge in [-0.25, -0.2) is 0 Å². The van der Waals surface area contributed by atoms with Crippen LogP contribution in [0.1, 0.15) is 56.7 Å². The van der Waals surface area contributed by atoms with E-state index < -0.39 is 0 Å². The van der Waals surface area contributed by atoms with Crippen LogP contribution in [0.3, 0.4) is 0 Å². The fraction of sp³-hybridized carbons (Fsp3) is 0.625. The fourth-order valence-electron chi connectivity index (χ4n) is 2.90. The Morgan fingerprint density at radius 3 is 2.47 bits per heavy atom. The van der Waals surface area contributed by atoms with Gasteiger partial charge in [-0.1, -0.05) is 50.1 Å². The molecule has 0 radical (unpaired) electrons. The molecule has 0 spiro atoms. The van der Waals surface area contributed by atoms with Crippen LogP contribution in [-0.4, -0.2) is 6.04 Å². The number of aryl methyl sites for hydroxylation is 1. The van der Waals surface area contributed by atoms with Gasteiger partial charge in [0.2, 0.25) is 0 Å². The van der Waals surface area contributed by atoms with Gasteiger partial charge in [0.05, 0.1) is 0 Å². The average Bonchev–Trinajstić information content (AvgIpc) is 2.73. The molecule has 1 heteroatoms. The summed E-state index contributed by atoms with van der Waals surface area (Å²) >= 11 is 0. The third-order valence-electron chi connectivity index (χ3n) is 4.16. The maximum absolute atomic E-state index is 3.85. The van der Waals surface area contributed by atoms with E-state index in [2.05, 4.69) is 50.4 Å². The van der Waals surface area contributed by atoms with Crippen molar-refractivity contribution >= 4 is 0 Å². The third-order valence-corrected chi connectivity index (χ3v) is 4.16. The highest BCUT2D eigenvalue weighted by Crippen LogP contribution is 2.28. The molecule has 17 heavy (non-hydrogen) atoms. The fourth-order valence-corrected chi connectivity index (χ4v) is 2.90. The normalized spacial score (nSPS) is 26.1. The van der Waals surface area contributed by atoms with Crippen LogP contribution in [0.25, 0.3) is 0 Å². The summed E-state index contributed by atoms with van der Waals surface area (Å²) in [6.45, 7) is 6.81. The molecule has 94 valence electrons. The maximum atomic E-state index is 3.85. The maximum Gasteiger partial charge on any atom is 0.0320 e. The molecule has 0 bridgehead atoms. The van der Waals surface area contributed by atoms with Crippen LogP contribution in [-0.2, 0) is 0 Å². The van der Waals surface area contributed by atoms with Crippen molar-refractivity contribution in [1.29, 1.82) is 0 Å². The highest BCUT2D eigenvalue weighted by Gasteiger charge is 2.25. The smallest absolute Gasteiger partial charge is 0.0320 e. The van der Waals surface area contributed by atoms with E-state index in [9.17, 15) is 0 Å². The van der Waals surface area contributed by atoms with Gasteiger partial charge in [0.1, 0.15) is 0 Å². The first kappa shape index (κ1) is 12.6. The molecule has 0 saturated heterocycles. The molecule has 1 nitrogen and oxygen atoms in total. The first-order valence-electron chi connectivity index (χ1n) is 7.03. The van der Waals surface area contributed by atoms with E-state index in [-0.39, 0.29) is 0 Å². The van der Waals surface area contributed by atoms with E-state index in [0.29, 0.717) is 6.04 Å². The Morgan fingerprint density at radius 1 is 1.24 bits per heavy atom. The number of nitrogens with one attached hydrogen (secondary N) is 1. The van der Waals surface area contributed by atoms with Gasteiger partial charge < -0.3 is 5.32 Å². The van der Waals surface area contributed by atoms with Crippen molar-refractivity contribution in [2.75, 3.05) is 0 Å². The molecule has 1 fully saturated rings. The second-order valence-corrected chi connectivity index (χ2v) is 5.55. The number of benzene rings is 1. The number of hydrogen-bond donors (Lipinski definition) is 1. The molecule has 0 heterocycles. The highest BCUT2D eigenvalue weighted by molar-refractivity contribution is 5.24.